The smallest absolute Gasteiger partial charge is 0.411 e. The predicted molar refractivity (Wildman–Crippen MR) is 52.8 cm³/mol. The quantitative estimate of drug-likeness (QED) is 0.823. The number of nitrogens with one attached hydrogen (secondary N) is 1. The van der Waals surface area contributed by atoms with Crippen LogP contribution in [0, 0.1) is 5.82 Å². The van der Waals surface area contributed by atoms with Crippen LogP contribution in [-0.2, 0) is 0 Å². The van der Waals surface area contributed by atoms with Crippen molar-refractivity contribution in [2.24, 2.45) is 0 Å². The molecule has 98 valence electrons. The van der Waals surface area contributed by atoms with Gasteiger partial charge in [0.15, 0.2) is 0 Å². The molecule has 2 N–H and O–H groups in total. The molecule has 0 unspecified atom stereocenters. The summed E-state index contributed by atoms with van der Waals surface area (Å²) in [5.74, 6) is -2.93. The van der Waals surface area contributed by atoms with Crippen molar-refractivity contribution in [3.63, 3.8) is 0 Å². The summed E-state index contributed by atoms with van der Waals surface area (Å²) >= 11 is 0. The van der Waals surface area contributed by atoms with E-state index in [2.05, 4.69) is 10.3 Å². The first-order chi connectivity index (χ1) is 8.25. The maximum absolute atomic E-state index is 12.8. The summed E-state index contributed by atoms with van der Waals surface area (Å²) in [5.41, 5.74) is -2.76. The Balaban J connectivity index is 2.33. The highest BCUT2D eigenvalue weighted by Gasteiger charge is 2.64. The van der Waals surface area contributed by atoms with Crippen molar-refractivity contribution in [3.05, 3.63) is 23.6 Å². The predicted octanol–water partition coefficient (Wildman–Crippen LogP) is 2.43. The van der Waals surface area contributed by atoms with Gasteiger partial charge in [0, 0.05) is 0 Å². The summed E-state index contributed by atoms with van der Waals surface area (Å²) in [6, 6.07) is 0.629. The number of hydrogen-bond donors (Lipinski definition) is 2. The van der Waals surface area contributed by atoms with E-state index in [1.165, 1.54) is 0 Å². The van der Waals surface area contributed by atoms with Crippen molar-refractivity contribution in [3.8, 4) is 0 Å². The van der Waals surface area contributed by atoms with Gasteiger partial charge in [-0.3, -0.25) is 0 Å². The molecule has 0 amide bonds. The molecule has 1 aliphatic rings. The third-order valence-electron chi connectivity index (χ3n) is 2.74. The molecular formula is C10H8F4N2O2. The van der Waals surface area contributed by atoms with Crippen LogP contribution in [0.25, 0.3) is 0 Å². The largest absolute Gasteiger partial charge is 0.478 e. The Hall–Kier alpha value is -1.86. The number of rotatable bonds is 3. The zero-order valence-corrected chi connectivity index (χ0v) is 8.88. The van der Waals surface area contributed by atoms with E-state index in [4.69, 9.17) is 5.11 Å². The Bertz CT molecular complexity index is 497. The molecule has 0 radical (unpaired) electrons. The molecule has 1 heterocycles. The van der Waals surface area contributed by atoms with Gasteiger partial charge in [-0.05, 0) is 18.9 Å². The van der Waals surface area contributed by atoms with Crippen LogP contribution in [-0.4, -0.2) is 27.8 Å². The van der Waals surface area contributed by atoms with E-state index < -0.39 is 34.9 Å². The van der Waals surface area contributed by atoms with Crippen molar-refractivity contribution in [1.82, 2.24) is 4.98 Å². The van der Waals surface area contributed by atoms with E-state index in [-0.39, 0.29) is 12.8 Å². The number of anilines is 1. The van der Waals surface area contributed by atoms with E-state index >= 15 is 0 Å². The Morgan fingerprint density at radius 3 is 2.50 bits per heavy atom. The highest BCUT2D eigenvalue weighted by Crippen LogP contribution is 2.51. The molecule has 18 heavy (non-hydrogen) atoms. The lowest BCUT2D eigenvalue weighted by atomic mass is 10.2. The number of halogens is 4. The minimum atomic E-state index is -4.50. The van der Waals surface area contributed by atoms with Gasteiger partial charge >= 0.3 is 12.1 Å². The average molecular weight is 264 g/mol. The van der Waals surface area contributed by atoms with Crippen molar-refractivity contribution in [1.29, 1.82) is 0 Å². The molecule has 1 aliphatic carbocycles. The number of aromatic nitrogens is 1. The zero-order chi connectivity index (χ0) is 13.6. The van der Waals surface area contributed by atoms with Crippen LogP contribution in [0.5, 0.6) is 0 Å². The summed E-state index contributed by atoms with van der Waals surface area (Å²) in [7, 11) is 0. The molecule has 1 aromatic rings. The van der Waals surface area contributed by atoms with Gasteiger partial charge in [0.05, 0.1) is 6.20 Å². The van der Waals surface area contributed by atoms with E-state index in [0.717, 1.165) is 0 Å². The first kappa shape index (κ1) is 12.6. The molecule has 8 heteroatoms. The minimum absolute atomic E-state index is 0.158. The number of alkyl halides is 3. The van der Waals surface area contributed by atoms with Gasteiger partial charge in [-0.2, -0.15) is 13.2 Å². The molecule has 1 fully saturated rings. The summed E-state index contributed by atoms with van der Waals surface area (Å²) < 4.78 is 50.9. The standard InChI is InChI=1S/C10H8F4N2O2/c11-5-3-6(8(17)18)7(15-4-5)16-9(1-2-9)10(12,13)14/h3-4H,1-2H2,(H,15,16)(H,17,18). The summed E-state index contributed by atoms with van der Waals surface area (Å²) in [6.45, 7) is 0. The Morgan fingerprint density at radius 1 is 1.44 bits per heavy atom. The van der Waals surface area contributed by atoms with Crippen LogP contribution >= 0.6 is 0 Å². The lowest BCUT2D eigenvalue weighted by Crippen LogP contribution is -2.39. The summed E-state index contributed by atoms with van der Waals surface area (Å²) in [4.78, 5) is 14.2. The second-order valence-corrected chi connectivity index (χ2v) is 4.06. The normalized spacial score (nSPS) is 17.3. The van der Waals surface area contributed by atoms with Crippen molar-refractivity contribution in [2.75, 3.05) is 5.32 Å². The fraction of sp³-hybridized carbons (Fsp3) is 0.400. The second kappa shape index (κ2) is 3.82. The molecule has 1 saturated carbocycles. The number of carboxylic acid groups (broad SMARTS) is 1. The van der Waals surface area contributed by atoms with Gasteiger partial charge in [0.2, 0.25) is 0 Å². The van der Waals surface area contributed by atoms with Crippen LogP contribution in [0.1, 0.15) is 23.2 Å². The van der Waals surface area contributed by atoms with Crippen LogP contribution in [0.15, 0.2) is 12.3 Å². The topological polar surface area (TPSA) is 62.2 Å². The summed E-state index contributed by atoms with van der Waals surface area (Å²) in [6.07, 6.45) is -4.15. The highest BCUT2D eigenvalue weighted by atomic mass is 19.4. The number of hydrogen-bond acceptors (Lipinski definition) is 3. The molecule has 0 atom stereocenters. The molecule has 0 aliphatic heterocycles. The Morgan fingerprint density at radius 2 is 2.06 bits per heavy atom. The third-order valence-corrected chi connectivity index (χ3v) is 2.74. The molecule has 0 bridgehead atoms. The minimum Gasteiger partial charge on any atom is -0.478 e. The Labute approximate surface area is 98.6 Å². The fourth-order valence-corrected chi connectivity index (χ4v) is 1.53. The van der Waals surface area contributed by atoms with E-state index in [9.17, 15) is 22.4 Å². The monoisotopic (exact) mass is 264 g/mol. The van der Waals surface area contributed by atoms with Gasteiger partial charge in [-0.25, -0.2) is 14.2 Å². The molecule has 2 rings (SSSR count). The van der Waals surface area contributed by atoms with Crippen molar-refractivity contribution >= 4 is 11.8 Å². The van der Waals surface area contributed by atoms with Gasteiger partial charge < -0.3 is 10.4 Å². The zero-order valence-electron chi connectivity index (χ0n) is 8.88. The number of aromatic carboxylic acids is 1. The molecule has 0 spiro atoms. The van der Waals surface area contributed by atoms with Gasteiger partial charge in [-0.15, -0.1) is 0 Å². The number of carbonyl (C=O) groups is 1. The van der Waals surface area contributed by atoms with Crippen LogP contribution < -0.4 is 5.32 Å². The fourth-order valence-electron chi connectivity index (χ4n) is 1.53. The van der Waals surface area contributed by atoms with E-state index in [1.807, 2.05) is 0 Å². The maximum atomic E-state index is 12.8. The first-order valence-corrected chi connectivity index (χ1v) is 4.99. The SMILES string of the molecule is O=C(O)c1cc(F)cnc1NC1(C(F)(F)F)CC1. The summed E-state index contributed by atoms with van der Waals surface area (Å²) in [5, 5.41) is 10.8. The lowest BCUT2D eigenvalue weighted by Gasteiger charge is -2.22. The number of carboxylic acids is 1. The van der Waals surface area contributed by atoms with E-state index in [0.29, 0.717) is 12.3 Å². The van der Waals surface area contributed by atoms with Crippen molar-refractivity contribution < 1.29 is 27.5 Å². The van der Waals surface area contributed by atoms with Crippen LogP contribution in [0.3, 0.4) is 0 Å². The molecule has 0 saturated heterocycles. The lowest BCUT2D eigenvalue weighted by molar-refractivity contribution is -0.151. The average Bonchev–Trinajstić information content (AvgIpc) is 3.00. The number of pyridine rings is 1. The molecule has 0 aromatic carbocycles. The molecule has 4 nitrogen and oxygen atoms in total. The van der Waals surface area contributed by atoms with Gasteiger partial charge in [0.25, 0.3) is 0 Å². The highest BCUT2D eigenvalue weighted by molar-refractivity contribution is 5.93. The molecule has 1 aromatic heterocycles. The van der Waals surface area contributed by atoms with Crippen LogP contribution in [0.4, 0.5) is 23.4 Å². The van der Waals surface area contributed by atoms with Gasteiger partial charge in [0.1, 0.15) is 22.7 Å². The van der Waals surface area contributed by atoms with Crippen molar-refractivity contribution in [2.45, 2.75) is 24.6 Å². The van der Waals surface area contributed by atoms with Crippen LogP contribution in [0.2, 0.25) is 0 Å². The third kappa shape index (κ3) is 2.09. The van der Waals surface area contributed by atoms with E-state index in [1.54, 1.807) is 0 Å². The Kier molecular flexibility index (Phi) is 2.67. The first-order valence-electron chi connectivity index (χ1n) is 4.99. The molecular weight excluding hydrogens is 256 g/mol. The maximum Gasteiger partial charge on any atom is 0.411 e. The van der Waals surface area contributed by atoms with Gasteiger partial charge in [-0.1, -0.05) is 0 Å². The second-order valence-electron chi connectivity index (χ2n) is 4.06. The number of nitrogens with zero attached hydrogens (tertiary/aromatic N) is 1.